The SMILES string of the molecule is CNC1CCN(C(C)CCc2ccco2)CC1C. The van der Waals surface area contributed by atoms with E-state index in [1.165, 1.54) is 25.9 Å². The van der Waals surface area contributed by atoms with Gasteiger partial charge in [-0.05, 0) is 51.4 Å². The molecule has 18 heavy (non-hydrogen) atoms. The number of rotatable bonds is 5. The molecule has 1 aliphatic heterocycles. The fourth-order valence-corrected chi connectivity index (χ4v) is 3.00. The molecule has 3 atom stereocenters. The van der Waals surface area contributed by atoms with E-state index in [1.807, 2.05) is 6.07 Å². The molecule has 3 heteroatoms. The minimum absolute atomic E-state index is 0.648. The Bertz CT molecular complexity index is 336. The van der Waals surface area contributed by atoms with E-state index in [-0.39, 0.29) is 0 Å². The summed E-state index contributed by atoms with van der Waals surface area (Å²) in [6.07, 6.45) is 5.27. The Labute approximate surface area is 111 Å². The predicted molar refractivity (Wildman–Crippen MR) is 74.7 cm³/mol. The van der Waals surface area contributed by atoms with Crippen molar-refractivity contribution >= 4 is 0 Å². The largest absolute Gasteiger partial charge is 0.469 e. The summed E-state index contributed by atoms with van der Waals surface area (Å²) in [5.74, 6) is 1.86. The van der Waals surface area contributed by atoms with E-state index in [0.717, 1.165) is 18.1 Å². The number of furan rings is 1. The summed E-state index contributed by atoms with van der Waals surface area (Å²) in [5, 5.41) is 3.43. The summed E-state index contributed by atoms with van der Waals surface area (Å²) in [7, 11) is 2.08. The molecule has 3 unspecified atom stereocenters. The van der Waals surface area contributed by atoms with Crippen LogP contribution in [0.25, 0.3) is 0 Å². The van der Waals surface area contributed by atoms with Gasteiger partial charge < -0.3 is 14.6 Å². The molecule has 2 heterocycles. The van der Waals surface area contributed by atoms with Crippen LogP contribution >= 0.6 is 0 Å². The van der Waals surface area contributed by atoms with Gasteiger partial charge in [0.15, 0.2) is 0 Å². The van der Waals surface area contributed by atoms with Gasteiger partial charge in [-0.3, -0.25) is 0 Å². The van der Waals surface area contributed by atoms with Crippen LogP contribution in [0.15, 0.2) is 22.8 Å². The highest BCUT2D eigenvalue weighted by molar-refractivity contribution is 4.98. The van der Waals surface area contributed by atoms with Crippen molar-refractivity contribution in [1.82, 2.24) is 10.2 Å². The van der Waals surface area contributed by atoms with Crippen LogP contribution < -0.4 is 5.32 Å². The molecule has 0 saturated carbocycles. The van der Waals surface area contributed by atoms with E-state index in [9.17, 15) is 0 Å². The van der Waals surface area contributed by atoms with Crippen molar-refractivity contribution < 1.29 is 4.42 Å². The summed E-state index contributed by atoms with van der Waals surface area (Å²) in [6.45, 7) is 7.13. The molecule has 0 radical (unpaired) electrons. The lowest BCUT2D eigenvalue weighted by atomic mass is 9.92. The average molecular weight is 250 g/mol. The van der Waals surface area contributed by atoms with Crippen molar-refractivity contribution in [3.05, 3.63) is 24.2 Å². The normalized spacial score (nSPS) is 27.3. The minimum atomic E-state index is 0.648. The standard InChI is InChI=1S/C15H26N2O/c1-12-11-17(9-8-15(12)16-3)13(2)6-7-14-5-4-10-18-14/h4-5,10,12-13,15-16H,6-9,11H2,1-3H3. The number of nitrogens with zero attached hydrogens (tertiary/aromatic N) is 1. The molecular weight excluding hydrogens is 224 g/mol. The van der Waals surface area contributed by atoms with E-state index in [1.54, 1.807) is 6.26 Å². The predicted octanol–water partition coefficient (Wildman–Crippen LogP) is 2.53. The maximum Gasteiger partial charge on any atom is 0.103 e. The Morgan fingerprint density at radius 1 is 1.56 bits per heavy atom. The van der Waals surface area contributed by atoms with Crippen molar-refractivity contribution in [2.24, 2.45) is 5.92 Å². The number of aryl methyl sites for hydroxylation is 1. The Balaban J connectivity index is 1.77. The highest BCUT2D eigenvalue weighted by Crippen LogP contribution is 2.20. The van der Waals surface area contributed by atoms with E-state index in [4.69, 9.17) is 4.42 Å². The zero-order valence-corrected chi connectivity index (χ0v) is 11.9. The molecule has 1 saturated heterocycles. The second kappa shape index (κ2) is 6.39. The monoisotopic (exact) mass is 250 g/mol. The van der Waals surface area contributed by atoms with Crippen molar-refractivity contribution in [2.45, 2.75) is 45.2 Å². The zero-order valence-electron chi connectivity index (χ0n) is 11.9. The summed E-state index contributed by atoms with van der Waals surface area (Å²) in [6, 6.07) is 5.39. The van der Waals surface area contributed by atoms with Gasteiger partial charge >= 0.3 is 0 Å². The lowest BCUT2D eigenvalue weighted by Gasteiger charge is -2.40. The second-order valence-electron chi connectivity index (χ2n) is 5.62. The zero-order chi connectivity index (χ0) is 13.0. The summed E-state index contributed by atoms with van der Waals surface area (Å²) in [4.78, 5) is 2.63. The Hall–Kier alpha value is -0.800. The lowest BCUT2D eigenvalue weighted by molar-refractivity contribution is 0.109. The number of piperidine rings is 1. The van der Waals surface area contributed by atoms with E-state index >= 15 is 0 Å². The minimum Gasteiger partial charge on any atom is -0.469 e. The summed E-state index contributed by atoms with van der Waals surface area (Å²) in [5.41, 5.74) is 0. The van der Waals surface area contributed by atoms with Crippen molar-refractivity contribution in [3.8, 4) is 0 Å². The van der Waals surface area contributed by atoms with Gasteiger partial charge in [0.1, 0.15) is 5.76 Å². The quantitative estimate of drug-likeness (QED) is 0.870. The van der Waals surface area contributed by atoms with E-state index < -0.39 is 0 Å². The summed E-state index contributed by atoms with van der Waals surface area (Å²) < 4.78 is 5.40. The molecular formula is C15H26N2O. The first kappa shape index (κ1) is 13.6. The van der Waals surface area contributed by atoms with Gasteiger partial charge in [-0.25, -0.2) is 0 Å². The molecule has 2 rings (SSSR count). The van der Waals surface area contributed by atoms with E-state index in [2.05, 4.69) is 37.2 Å². The smallest absolute Gasteiger partial charge is 0.103 e. The third kappa shape index (κ3) is 3.36. The third-order valence-corrected chi connectivity index (χ3v) is 4.32. The number of likely N-dealkylation sites (tertiary alicyclic amines) is 1. The highest BCUT2D eigenvalue weighted by Gasteiger charge is 2.27. The van der Waals surface area contributed by atoms with Crippen molar-refractivity contribution in [1.29, 1.82) is 0 Å². The molecule has 1 aliphatic rings. The van der Waals surface area contributed by atoms with Crippen LogP contribution in [0.2, 0.25) is 0 Å². The van der Waals surface area contributed by atoms with Gasteiger partial charge in [-0.2, -0.15) is 0 Å². The molecule has 1 N–H and O–H groups in total. The average Bonchev–Trinajstić information content (AvgIpc) is 2.89. The van der Waals surface area contributed by atoms with Gasteiger partial charge in [0.25, 0.3) is 0 Å². The highest BCUT2D eigenvalue weighted by atomic mass is 16.3. The molecule has 0 aromatic carbocycles. The van der Waals surface area contributed by atoms with Crippen LogP contribution in [0.1, 0.15) is 32.4 Å². The van der Waals surface area contributed by atoms with E-state index in [0.29, 0.717) is 12.1 Å². The Morgan fingerprint density at radius 2 is 2.39 bits per heavy atom. The van der Waals surface area contributed by atoms with Gasteiger partial charge in [0, 0.05) is 25.0 Å². The molecule has 0 aliphatic carbocycles. The van der Waals surface area contributed by atoms with Crippen LogP contribution in [0.3, 0.4) is 0 Å². The molecule has 102 valence electrons. The van der Waals surface area contributed by atoms with Crippen LogP contribution in [0.4, 0.5) is 0 Å². The van der Waals surface area contributed by atoms with Crippen LogP contribution in [-0.4, -0.2) is 37.1 Å². The number of nitrogens with one attached hydrogen (secondary N) is 1. The molecule has 3 nitrogen and oxygen atoms in total. The fraction of sp³-hybridized carbons (Fsp3) is 0.733. The van der Waals surface area contributed by atoms with Crippen LogP contribution in [-0.2, 0) is 6.42 Å². The maximum absolute atomic E-state index is 5.40. The fourth-order valence-electron chi connectivity index (χ4n) is 3.00. The summed E-state index contributed by atoms with van der Waals surface area (Å²) >= 11 is 0. The molecule has 0 amide bonds. The van der Waals surface area contributed by atoms with Crippen molar-refractivity contribution in [3.63, 3.8) is 0 Å². The van der Waals surface area contributed by atoms with Gasteiger partial charge in [-0.15, -0.1) is 0 Å². The Morgan fingerprint density at radius 3 is 3.00 bits per heavy atom. The molecule has 1 aromatic rings. The first-order valence-electron chi connectivity index (χ1n) is 7.14. The van der Waals surface area contributed by atoms with Gasteiger partial charge in [0.2, 0.25) is 0 Å². The molecule has 0 spiro atoms. The van der Waals surface area contributed by atoms with Gasteiger partial charge in [-0.1, -0.05) is 6.92 Å². The molecule has 1 fully saturated rings. The first-order valence-corrected chi connectivity index (χ1v) is 7.14. The molecule has 1 aromatic heterocycles. The maximum atomic E-state index is 5.40. The topological polar surface area (TPSA) is 28.4 Å². The number of hydrogen-bond acceptors (Lipinski definition) is 3. The van der Waals surface area contributed by atoms with Crippen molar-refractivity contribution in [2.75, 3.05) is 20.1 Å². The van der Waals surface area contributed by atoms with Crippen LogP contribution in [0.5, 0.6) is 0 Å². The van der Waals surface area contributed by atoms with Crippen LogP contribution in [0, 0.1) is 5.92 Å². The third-order valence-electron chi connectivity index (χ3n) is 4.32. The number of hydrogen-bond donors (Lipinski definition) is 1. The first-order chi connectivity index (χ1) is 8.70. The second-order valence-corrected chi connectivity index (χ2v) is 5.62. The Kier molecular flexibility index (Phi) is 4.84. The lowest BCUT2D eigenvalue weighted by Crippen LogP contribution is -2.50. The van der Waals surface area contributed by atoms with Gasteiger partial charge in [0.05, 0.1) is 6.26 Å². The molecule has 0 bridgehead atoms.